The Balaban J connectivity index is 1.12. The van der Waals surface area contributed by atoms with Crippen molar-refractivity contribution in [1.29, 1.82) is 0 Å². The fourth-order valence-corrected chi connectivity index (χ4v) is 10.9. The fraction of sp³-hybridized carbons (Fsp3) is 0.0943. The average Bonchev–Trinajstić information content (AvgIpc) is 3.96. The molecule has 0 fully saturated rings. The molecule has 1 spiro atoms. The number of hydrogen-bond donors (Lipinski definition) is 0. The maximum Gasteiger partial charge on any atom is 0.0505 e. The van der Waals surface area contributed by atoms with Crippen molar-refractivity contribution >= 4 is 65.6 Å². The molecule has 268 valence electrons. The van der Waals surface area contributed by atoms with Gasteiger partial charge in [0.2, 0.25) is 0 Å². The van der Waals surface area contributed by atoms with Crippen molar-refractivity contribution in [1.82, 2.24) is 0 Å². The Bertz CT molecular complexity index is 2880. The molecule has 3 heteroatoms. The molecule has 1 heterocycles. The highest BCUT2D eigenvalue weighted by molar-refractivity contribution is 7.25. The second-order valence-corrected chi connectivity index (χ2v) is 16.3. The number of hydrogen-bond acceptors (Lipinski definition) is 3. The maximum atomic E-state index is 2.54. The Morgan fingerprint density at radius 2 is 0.875 bits per heavy atom. The normalized spacial score (nSPS) is 15.6. The summed E-state index contributed by atoms with van der Waals surface area (Å²) in [5.41, 5.74) is 15.4. The van der Waals surface area contributed by atoms with E-state index in [4.69, 9.17) is 0 Å². The van der Waals surface area contributed by atoms with E-state index in [1.807, 2.05) is 11.3 Å². The second kappa shape index (κ2) is 13.4. The molecule has 0 N–H and O–H groups in total. The molecule has 0 aliphatic heterocycles. The van der Waals surface area contributed by atoms with Crippen LogP contribution in [0.2, 0.25) is 0 Å². The third-order valence-electron chi connectivity index (χ3n) is 12.2. The van der Waals surface area contributed by atoms with Crippen molar-refractivity contribution < 1.29 is 0 Å². The van der Waals surface area contributed by atoms with Crippen LogP contribution < -0.4 is 9.80 Å². The summed E-state index contributed by atoms with van der Waals surface area (Å²) in [7, 11) is 0. The van der Waals surface area contributed by atoms with Gasteiger partial charge in [-0.05, 0) is 132 Å². The number of anilines is 6. The summed E-state index contributed by atoms with van der Waals surface area (Å²) in [6, 6.07) is 71.8. The van der Waals surface area contributed by atoms with Crippen LogP contribution in [0.4, 0.5) is 34.1 Å². The van der Waals surface area contributed by atoms with Crippen LogP contribution in [0.5, 0.6) is 0 Å². The fourth-order valence-electron chi connectivity index (χ4n) is 9.83. The van der Waals surface area contributed by atoms with Gasteiger partial charge in [-0.3, -0.25) is 0 Å². The summed E-state index contributed by atoms with van der Waals surface area (Å²) in [6.07, 6.45) is 4.30. The molecule has 2 aliphatic carbocycles. The summed E-state index contributed by atoms with van der Waals surface area (Å²) in [5, 5.41) is 2.64. The quantitative estimate of drug-likeness (QED) is 0.161. The molecule has 0 radical (unpaired) electrons. The second-order valence-electron chi connectivity index (χ2n) is 15.2. The van der Waals surface area contributed by atoms with Crippen LogP contribution in [-0.2, 0) is 18.3 Å². The SMILES string of the molecule is c1ccc(-c2cccc(N(c3ccccc3)c3cccc4c3[C@@]3(CC4)CCc4cccc(N(c5ccccc5)c5ccc6sc7ccccc7c6c5)c43)c2)cc1. The molecule has 9 aromatic rings. The average molecular weight is 737 g/mol. The first kappa shape index (κ1) is 33.0. The largest absolute Gasteiger partial charge is 0.310 e. The molecule has 2 aliphatic rings. The summed E-state index contributed by atoms with van der Waals surface area (Å²) in [6.45, 7) is 0. The Morgan fingerprint density at radius 3 is 1.52 bits per heavy atom. The smallest absolute Gasteiger partial charge is 0.0505 e. The lowest BCUT2D eigenvalue weighted by Crippen LogP contribution is -2.27. The summed E-state index contributed by atoms with van der Waals surface area (Å²) >= 11 is 1.88. The van der Waals surface area contributed by atoms with Crippen molar-refractivity contribution in [3.63, 3.8) is 0 Å². The number of fused-ring (bicyclic) bond motifs is 7. The number of aryl methyl sites for hydroxylation is 2. The van der Waals surface area contributed by atoms with E-state index in [0.29, 0.717) is 0 Å². The van der Waals surface area contributed by atoms with Crippen LogP contribution in [0, 0.1) is 0 Å². The number of rotatable bonds is 7. The van der Waals surface area contributed by atoms with E-state index in [1.165, 1.54) is 87.7 Å². The zero-order chi connectivity index (χ0) is 37.1. The van der Waals surface area contributed by atoms with E-state index >= 15 is 0 Å². The lowest BCUT2D eigenvalue weighted by Gasteiger charge is -2.37. The van der Waals surface area contributed by atoms with E-state index in [9.17, 15) is 0 Å². The zero-order valence-electron chi connectivity index (χ0n) is 31.1. The summed E-state index contributed by atoms with van der Waals surface area (Å²) in [5.74, 6) is 0. The topological polar surface area (TPSA) is 6.48 Å². The summed E-state index contributed by atoms with van der Waals surface area (Å²) in [4.78, 5) is 5.06. The first-order chi connectivity index (χ1) is 27.7. The van der Waals surface area contributed by atoms with Crippen LogP contribution in [0.25, 0.3) is 31.3 Å². The number of para-hydroxylation sites is 2. The number of nitrogens with zero attached hydrogens (tertiary/aromatic N) is 2. The van der Waals surface area contributed by atoms with Crippen molar-refractivity contribution in [3.8, 4) is 11.1 Å². The van der Waals surface area contributed by atoms with Gasteiger partial charge in [0.15, 0.2) is 0 Å². The van der Waals surface area contributed by atoms with E-state index in [2.05, 4.69) is 204 Å². The molecule has 0 saturated carbocycles. The first-order valence-electron chi connectivity index (χ1n) is 19.8. The van der Waals surface area contributed by atoms with Gasteiger partial charge in [0, 0.05) is 48.3 Å². The van der Waals surface area contributed by atoms with E-state index < -0.39 is 0 Å². The molecule has 56 heavy (non-hydrogen) atoms. The molecule has 0 bridgehead atoms. The minimum Gasteiger partial charge on any atom is -0.310 e. The maximum absolute atomic E-state index is 2.54. The van der Waals surface area contributed by atoms with E-state index in [0.717, 1.165) is 25.7 Å². The Morgan fingerprint density at radius 1 is 0.375 bits per heavy atom. The predicted molar refractivity (Wildman–Crippen MR) is 238 cm³/mol. The molecule has 8 aromatic carbocycles. The van der Waals surface area contributed by atoms with Gasteiger partial charge in [-0.15, -0.1) is 11.3 Å². The van der Waals surface area contributed by atoms with E-state index in [1.54, 1.807) is 0 Å². The van der Waals surface area contributed by atoms with E-state index in [-0.39, 0.29) is 5.41 Å². The van der Waals surface area contributed by atoms with Crippen molar-refractivity contribution in [2.24, 2.45) is 0 Å². The highest BCUT2D eigenvalue weighted by atomic mass is 32.1. The molecule has 1 aromatic heterocycles. The van der Waals surface area contributed by atoms with Crippen LogP contribution in [0.1, 0.15) is 35.1 Å². The van der Waals surface area contributed by atoms with Crippen LogP contribution in [0.15, 0.2) is 194 Å². The van der Waals surface area contributed by atoms with Crippen LogP contribution >= 0.6 is 11.3 Å². The predicted octanol–water partition coefficient (Wildman–Crippen LogP) is 14.8. The minimum absolute atomic E-state index is 0.145. The van der Waals surface area contributed by atoms with Gasteiger partial charge in [-0.25, -0.2) is 0 Å². The van der Waals surface area contributed by atoms with Crippen LogP contribution in [-0.4, -0.2) is 0 Å². The number of benzene rings is 8. The minimum atomic E-state index is -0.145. The summed E-state index contributed by atoms with van der Waals surface area (Å²) < 4.78 is 2.65. The van der Waals surface area contributed by atoms with Gasteiger partial charge in [0.25, 0.3) is 0 Å². The third kappa shape index (κ3) is 5.30. The number of thiophene rings is 1. The third-order valence-corrected chi connectivity index (χ3v) is 13.3. The van der Waals surface area contributed by atoms with Gasteiger partial charge in [-0.1, -0.05) is 121 Å². The Kier molecular flexibility index (Phi) is 7.89. The highest BCUT2D eigenvalue weighted by Gasteiger charge is 2.49. The highest BCUT2D eigenvalue weighted by Crippen LogP contribution is 2.60. The monoisotopic (exact) mass is 736 g/mol. The van der Waals surface area contributed by atoms with Gasteiger partial charge >= 0.3 is 0 Å². The molecule has 1 atom stereocenters. The van der Waals surface area contributed by atoms with Gasteiger partial charge in [0.05, 0.1) is 11.4 Å². The van der Waals surface area contributed by atoms with Crippen molar-refractivity contribution in [2.75, 3.05) is 9.80 Å². The molecule has 0 saturated heterocycles. The molecular formula is C53H40N2S. The molecule has 0 amide bonds. The van der Waals surface area contributed by atoms with Gasteiger partial charge < -0.3 is 9.80 Å². The van der Waals surface area contributed by atoms with Crippen molar-refractivity contribution in [3.05, 3.63) is 216 Å². The molecular weight excluding hydrogens is 697 g/mol. The zero-order valence-corrected chi connectivity index (χ0v) is 31.9. The molecule has 2 nitrogen and oxygen atoms in total. The van der Waals surface area contributed by atoms with Crippen LogP contribution in [0.3, 0.4) is 0 Å². The lowest BCUT2D eigenvalue weighted by molar-refractivity contribution is 0.508. The van der Waals surface area contributed by atoms with Gasteiger partial charge in [-0.2, -0.15) is 0 Å². The lowest BCUT2D eigenvalue weighted by atomic mass is 9.74. The molecule has 0 unspecified atom stereocenters. The first-order valence-corrected chi connectivity index (χ1v) is 20.6. The van der Waals surface area contributed by atoms with Gasteiger partial charge in [0.1, 0.15) is 0 Å². The Hall–Kier alpha value is -6.42. The van der Waals surface area contributed by atoms with Crippen molar-refractivity contribution in [2.45, 2.75) is 31.1 Å². The molecule has 11 rings (SSSR count). The Labute approximate surface area is 332 Å². The standard InChI is InChI=1S/C53H40N2S/c1-4-15-37(16-5-1)40-19-12-24-43(35-40)54(41-20-6-2-7-21-41)47-26-13-17-38-31-33-53(51(38)47)34-32-39-18-14-27-48(52(39)53)55(42-22-8-3-9-23-42)44-29-30-50-46(36-44)45-25-10-11-28-49(45)56-50/h1-30,35-36H,31-34H2/t53-/m1/s1.